The van der Waals surface area contributed by atoms with E-state index in [1.807, 2.05) is 12.1 Å². The van der Waals surface area contributed by atoms with Crippen LogP contribution in [-0.2, 0) is 6.54 Å². The van der Waals surface area contributed by atoms with Gasteiger partial charge in [-0.1, -0.05) is 17.7 Å². The van der Waals surface area contributed by atoms with Crippen molar-refractivity contribution in [3.05, 3.63) is 47.1 Å². The predicted molar refractivity (Wildman–Crippen MR) is 87.7 cm³/mol. The van der Waals surface area contributed by atoms with Crippen molar-refractivity contribution >= 4 is 23.2 Å². The Morgan fingerprint density at radius 1 is 1.27 bits per heavy atom. The number of benzene rings is 1. The molecule has 2 aromatic rings. The summed E-state index contributed by atoms with van der Waals surface area (Å²) in [5.74, 6) is 1.45. The van der Waals surface area contributed by atoms with E-state index in [2.05, 4.69) is 15.3 Å². The van der Waals surface area contributed by atoms with Gasteiger partial charge in [0.2, 0.25) is 5.88 Å². The molecular formula is C15H17ClN4O2. The molecule has 1 aromatic carbocycles. The Morgan fingerprint density at radius 3 is 2.68 bits per heavy atom. The van der Waals surface area contributed by atoms with Gasteiger partial charge in [-0.3, -0.25) is 0 Å². The monoisotopic (exact) mass is 320 g/mol. The van der Waals surface area contributed by atoms with Crippen molar-refractivity contribution in [2.24, 2.45) is 10.7 Å². The zero-order valence-electron chi connectivity index (χ0n) is 12.3. The van der Waals surface area contributed by atoms with Crippen molar-refractivity contribution in [1.29, 1.82) is 0 Å². The van der Waals surface area contributed by atoms with Crippen molar-refractivity contribution in [3.8, 4) is 11.6 Å². The van der Waals surface area contributed by atoms with Crippen LogP contribution in [0.4, 0.5) is 5.69 Å². The number of pyridine rings is 1. The summed E-state index contributed by atoms with van der Waals surface area (Å²) < 4.78 is 10.1. The normalized spacial score (nSPS) is 11.1. The minimum absolute atomic E-state index is 0.289. The van der Waals surface area contributed by atoms with Gasteiger partial charge in [-0.05, 0) is 23.8 Å². The lowest BCUT2D eigenvalue weighted by molar-refractivity contribution is 0.397. The van der Waals surface area contributed by atoms with E-state index in [4.69, 9.17) is 26.8 Å². The molecule has 0 aliphatic heterocycles. The molecule has 0 fully saturated rings. The number of hydrogen-bond donors (Lipinski definition) is 2. The molecule has 2 rings (SSSR count). The second-order valence-electron chi connectivity index (χ2n) is 4.38. The number of aliphatic imine (C=N–C) groups is 1. The van der Waals surface area contributed by atoms with E-state index in [1.54, 1.807) is 38.6 Å². The van der Waals surface area contributed by atoms with Gasteiger partial charge in [0.25, 0.3) is 0 Å². The van der Waals surface area contributed by atoms with Crippen LogP contribution < -0.4 is 20.5 Å². The molecular weight excluding hydrogens is 304 g/mol. The van der Waals surface area contributed by atoms with Crippen LogP contribution in [0.5, 0.6) is 11.6 Å². The molecule has 0 saturated heterocycles. The number of ether oxygens (including phenoxy) is 2. The first-order valence-corrected chi connectivity index (χ1v) is 6.89. The number of guanidine groups is 1. The van der Waals surface area contributed by atoms with E-state index < -0.39 is 0 Å². The Bertz CT molecular complexity index is 659. The van der Waals surface area contributed by atoms with Crippen LogP contribution in [0.15, 0.2) is 41.5 Å². The Hall–Kier alpha value is -2.47. The van der Waals surface area contributed by atoms with Gasteiger partial charge in [0.05, 0.1) is 25.8 Å². The molecule has 0 bridgehead atoms. The van der Waals surface area contributed by atoms with E-state index >= 15 is 0 Å². The Kier molecular flexibility index (Phi) is 5.43. The smallest absolute Gasteiger partial charge is 0.212 e. The van der Waals surface area contributed by atoms with Crippen LogP contribution in [-0.4, -0.2) is 25.2 Å². The molecule has 0 radical (unpaired) electrons. The summed E-state index contributed by atoms with van der Waals surface area (Å²) >= 11 is 6.05. The fourth-order valence-corrected chi connectivity index (χ4v) is 1.99. The highest BCUT2D eigenvalue weighted by Gasteiger charge is 2.02. The second kappa shape index (κ2) is 7.51. The summed E-state index contributed by atoms with van der Waals surface area (Å²) in [6.07, 6.45) is 1.69. The number of nitrogens with zero attached hydrogens (tertiary/aromatic N) is 2. The molecule has 0 spiro atoms. The lowest BCUT2D eigenvalue weighted by atomic mass is 10.3. The van der Waals surface area contributed by atoms with Gasteiger partial charge in [-0.2, -0.15) is 0 Å². The molecule has 1 aromatic heterocycles. The van der Waals surface area contributed by atoms with E-state index in [-0.39, 0.29) is 5.96 Å². The lowest BCUT2D eigenvalue weighted by Crippen LogP contribution is -2.22. The molecule has 0 aliphatic carbocycles. The van der Waals surface area contributed by atoms with E-state index in [9.17, 15) is 0 Å². The van der Waals surface area contributed by atoms with Crippen molar-refractivity contribution < 1.29 is 9.47 Å². The average Bonchev–Trinajstić information content (AvgIpc) is 2.53. The topological polar surface area (TPSA) is 81.8 Å². The van der Waals surface area contributed by atoms with Crippen molar-refractivity contribution in [2.45, 2.75) is 6.54 Å². The molecule has 7 heteroatoms. The first kappa shape index (κ1) is 15.9. The number of hydrogen-bond acceptors (Lipinski definition) is 4. The van der Waals surface area contributed by atoms with Crippen LogP contribution >= 0.6 is 11.6 Å². The first-order chi connectivity index (χ1) is 10.6. The van der Waals surface area contributed by atoms with E-state index in [0.29, 0.717) is 23.2 Å². The zero-order valence-corrected chi connectivity index (χ0v) is 13.1. The molecule has 3 N–H and O–H groups in total. The second-order valence-corrected chi connectivity index (χ2v) is 4.79. The van der Waals surface area contributed by atoms with Crippen molar-refractivity contribution in [1.82, 2.24) is 4.98 Å². The summed E-state index contributed by atoms with van der Waals surface area (Å²) in [4.78, 5) is 8.35. The van der Waals surface area contributed by atoms with Crippen LogP contribution in [0.2, 0.25) is 5.02 Å². The summed E-state index contributed by atoms with van der Waals surface area (Å²) in [7, 11) is 3.13. The number of halogens is 1. The summed E-state index contributed by atoms with van der Waals surface area (Å²) in [6, 6.07) is 8.94. The highest BCUT2D eigenvalue weighted by atomic mass is 35.5. The Balaban J connectivity index is 1.98. The molecule has 0 atom stereocenters. The van der Waals surface area contributed by atoms with Crippen LogP contribution in [0, 0.1) is 0 Å². The molecule has 6 nitrogen and oxygen atoms in total. The van der Waals surface area contributed by atoms with E-state index in [0.717, 1.165) is 11.3 Å². The highest BCUT2D eigenvalue weighted by Crippen LogP contribution is 2.27. The lowest BCUT2D eigenvalue weighted by Gasteiger charge is -2.08. The van der Waals surface area contributed by atoms with Crippen LogP contribution in [0.3, 0.4) is 0 Å². The summed E-state index contributed by atoms with van der Waals surface area (Å²) in [6.45, 7) is 0.416. The minimum atomic E-state index is 0.289. The Morgan fingerprint density at radius 2 is 2.09 bits per heavy atom. The standard InChI is InChI=1S/C15H17ClN4O2/c1-21-13-5-4-11(7-12(13)16)20-15(17)19-9-10-3-6-14(22-2)18-8-10/h3-8H,9H2,1-2H3,(H3,17,19,20). The van der Waals surface area contributed by atoms with Crippen molar-refractivity contribution in [2.75, 3.05) is 19.5 Å². The number of methoxy groups -OCH3 is 2. The Labute approximate surface area is 133 Å². The molecule has 0 aliphatic rings. The maximum absolute atomic E-state index is 6.05. The minimum Gasteiger partial charge on any atom is -0.495 e. The quantitative estimate of drug-likeness (QED) is 0.654. The van der Waals surface area contributed by atoms with Gasteiger partial charge in [0, 0.05) is 18.0 Å². The van der Waals surface area contributed by atoms with Crippen molar-refractivity contribution in [3.63, 3.8) is 0 Å². The highest BCUT2D eigenvalue weighted by molar-refractivity contribution is 6.32. The molecule has 0 amide bonds. The van der Waals surface area contributed by atoms with Crippen LogP contribution in [0.25, 0.3) is 0 Å². The summed E-state index contributed by atoms with van der Waals surface area (Å²) in [5.41, 5.74) is 7.51. The summed E-state index contributed by atoms with van der Waals surface area (Å²) in [5, 5.41) is 3.47. The van der Waals surface area contributed by atoms with E-state index in [1.165, 1.54) is 0 Å². The third kappa shape index (κ3) is 4.26. The third-order valence-electron chi connectivity index (χ3n) is 2.86. The molecule has 22 heavy (non-hydrogen) atoms. The molecule has 0 unspecified atom stereocenters. The maximum atomic E-state index is 6.05. The average molecular weight is 321 g/mol. The van der Waals surface area contributed by atoms with Gasteiger partial charge in [0.1, 0.15) is 5.75 Å². The largest absolute Gasteiger partial charge is 0.495 e. The molecule has 1 heterocycles. The first-order valence-electron chi connectivity index (χ1n) is 6.51. The van der Waals surface area contributed by atoms with Gasteiger partial charge in [-0.15, -0.1) is 0 Å². The van der Waals surface area contributed by atoms with Gasteiger partial charge >= 0.3 is 0 Å². The molecule has 116 valence electrons. The third-order valence-corrected chi connectivity index (χ3v) is 3.16. The molecule has 0 saturated carbocycles. The maximum Gasteiger partial charge on any atom is 0.212 e. The fourth-order valence-electron chi connectivity index (χ4n) is 1.73. The zero-order chi connectivity index (χ0) is 15.9. The van der Waals surface area contributed by atoms with Crippen LogP contribution in [0.1, 0.15) is 5.56 Å². The fraction of sp³-hybridized carbons (Fsp3) is 0.200. The number of anilines is 1. The predicted octanol–water partition coefficient (Wildman–Crippen LogP) is 2.68. The van der Waals surface area contributed by atoms with Gasteiger partial charge < -0.3 is 20.5 Å². The number of aromatic nitrogens is 1. The van der Waals surface area contributed by atoms with Gasteiger partial charge in [-0.25, -0.2) is 9.98 Å². The SMILES string of the molecule is COc1ccc(CN=C(N)Nc2ccc(OC)c(Cl)c2)cn1. The number of nitrogens with one attached hydrogen (secondary N) is 1. The van der Waals surface area contributed by atoms with Gasteiger partial charge in [0.15, 0.2) is 5.96 Å². The number of rotatable bonds is 5. The number of nitrogens with two attached hydrogens (primary N) is 1.